The number of amides is 1. The number of allylic oxidation sites excluding steroid dienone is 2. The molecule has 0 aromatic rings. The smallest absolute Gasteiger partial charge is 0.312 e. The van der Waals surface area contributed by atoms with Gasteiger partial charge in [-0.15, -0.1) is 0 Å². The van der Waals surface area contributed by atoms with E-state index >= 15 is 0 Å². The van der Waals surface area contributed by atoms with Gasteiger partial charge in [0.2, 0.25) is 0 Å². The first-order valence-electron chi connectivity index (χ1n) is 11.4. The Morgan fingerprint density at radius 1 is 0.815 bits per heavy atom. The zero-order valence-electron chi connectivity index (χ0n) is 18.4. The van der Waals surface area contributed by atoms with Gasteiger partial charge in [0.05, 0.1) is 13.0 Å². The Kier molecular flexibility index (Phi) is 19.5. The first-order valence-corrected chi connectivity index (χ1v) is 11.4. The number of carbonyl (C=O) groups is 1. The summed E-state index contributed by atoms with van der Waals surface area (Å²) < 4.78 is 0. The van der Waals surface area contributed by atoms with Crippen molar-refractivity contribution in [1.82, 2.24) is 4.90 Å². The van der Waals surface area contributed by atoms with Crippen molar-refractivity contribution in [3.63, 3.8) is 0 Å². The Bertz CT molecular complexity index is 356. The Labute approximate surface area is 169 Å². The molecule has 4 heteroatoms. The fourth-order valence-electron chi connectivity index (χ4n) is 3.19. The predicted molar refractivity (Wildman–Crippen MR) is 117 cm³/mol. The molecule has 0 aliphatic carbocycles. The van der Waals surface area contributed by atoms with Crippen molar-refractivity contribution in [2.45, 2.75) is 103 Å². The first-order chi connectivity index (χ1) is 13.1. The highest BCUT2D eigenvalue weighted by atomic mass is 16.5. The maximum absolute atomic E-state index is 11.8. The second kappa shape index (κ2) is 20.0. The van der Waals surface area contributed by atoms with Crippen LogP contribution in [-0.4, -0.2) is 38.0 Å². The summed E-state index contributed by atoms with van der Waals surface area (Å²) in [4.78, 5) is 13.8. The summed E-state index contributed by atoms with van der Waals surface area (Å²) >= 11 is 0. The van der Waals surface area contributed by atoms with Gasteiger partial charge in [0, 0.05) is 13.0 Å². The lowest BCUT2D eigenvalue weighted by Crippen LogP contribution is -3.10. The van der Waals surface area contributed by atoms with Crippen LogP contribution in [0, 0.1) is 5.21 Å². The molecule has 0 saturated carbocycles. The number of hydroxylamine groups is 2. The summed E-state index contributed by atoms with van der Waals surface area (Å²) in [5.41, 5.74) is 0. The Morgan fingerprint density at radius 3 is 1.89 bits per heavy atom. The van der Waals surface area contributed by atoms with E-state index in [1.54, 1.807) is 0 Å². The molecule has 0 heterocycles. The molecule has 0 radical (unpaired) electrons. The maximum Gasteiger partial charge on any atom is 0.312 e. The average molecular weight is 383 g/mol. The van der Waals surface area contributed by atoms with Gasteiger partial charge in [0.1, 0.15) is 0 Å². The molecule has 0 fully saturated rings. The third kappa shape index (κ3) is 19.8. The van der Waals surface area contributed by atoms with Crippen LogP contribution in [0.2, 0.25) is 0 Å². The van der Waals surface area contributed by atoms with Crippen LogP contribution in [0.5, 0.6) is 0 Å². The van der Waals surface area contributed by atoms with Crippen LogP contribution in [0.15, 0.2) is 12.2 Å². The Balaban J connectivity index is 3.34. The normalized spacial score (nSPS) is 12.9. The zero-order valence-corrected chi connectivity index (χ0v) is 18.4. The molecule has 0 aromatic carbocycles. The molecule has 160 valence electrons. The number of unbranched alkanes of at least 4 members (excludes halogenated alkanes) is 11. The van der Waals surface area contributed by atoms with E-state index in [0.29, 0.717) is 13.0 Å². The molecular formula is C23H46N2O2. The highest BCUT2D eigenvalue weighted by Gasteiger charge is 2.10. The van der Waals surface area contributed by atoms with Crippen LogP contribution < -0.4 is 5.06 Å². The SMILES string of the molecule is CCCCCCCCC=CCCCCCCCC(=O)[NH+]([O-])CCCN(C)C. The third-order valence-electron chi connectivity index (χ3n) is 4.99. The summed E-state index contributed by atoms with van der Waals surface area (Å²) in [6.45, 7) is 3.53. The van der Waals surface area contributed by atoms with Gasteiger partial charge in [0.25, 0.3) is 0 Å². The van der Waals surface area contributed by atoms with Gasteiger partial charge in [-0.2, -0.15) is 0 Å². The molecule has 0 bridgehead atoms. The van der Waals surface area contributed by atoms with Crippen molar-refractivity contribution in [1.29, 1.82) is 0 Å². The van der Waals surface area contributed by atoms with Gasteiger partial charge in [-0.05, 0) is 46.2 Å². The number of hydrogen-bond acceptors (Lipinski definition) is 3. The lowest BCUT2D eigenvalue weighted by molar-refractivity contribution is -0.765. The first kappa shape index (κ1) is 26.3. The molecule has 1 N–H and O–H groups in total. The van der Waals surface area contributed by atoms with E-state index in [4.69, 9.17) is 0 Å². The fourth-order valence-corrected chi connectivity index (χ4v) is 3.19. The van der Waals surface area contributed by atoms with E-state index in [2.05, 4.69) is 19.1 Å². The van der Waals surface area contributed by atoms with Crippen molar-refractivity contribution >= 4 is 5.91 Å². The topological polar surface area (TPSA) is 47.8 Å². The number of nitrogens with one attached hydrogen (secondary N) is 1. The lowest BCUT2D eigenvalue weighted by atomic mass is 10.1. The molecular weight excluding hydrogens is 336 g/mol. The largest absolute Gasteiger partial charge is 0.627 e. The number of rotatable bonds is 19. The molecule has 0 spiro atoms. The van der Waals surface area contributed by atoms with Gasteiger partial charge in [-0.3, -0.25) is 0 Å². The van der Waals surface area contributed by atoms with Gasteiger partial charge in [-0.1, -0.05) is 70.4 Å². The highest BCUT2D eigenvalue weighted by molar-refractivity contribution is 5.66. The minimum Gasteiger partial charge on any atom is -0.627 e. The molecule has 0 rings (SSSR count). The Morgan fingerprint density at radius 2 is 1.33 bits per heavy atom. The number of quaternary nitrogens is 1. The quantitative estimate of drug-likeness (QED) is 0.197. The fraction of sp³-hybridized carbons (Fsp3) is 0.870. The molecule has 1 unspecified atom stereocenters. The molecule has 27 heavy (non-hydrogen) atoms. The lowest BCUT2D eigenvalue weighted by Gasteiger charge is -2.20. The van der Waals surface area contributed by atoms with Crippen molar-refractivity contribution < 1.29 is 9.86 Å². The van der Waals surface area contributed by atoms with Crippen molar-refractivity contribution in [3.8, 4) is 0 Å². The van der Waals surface area contributed by atoms with Crippen LogP contribution in [0.4, 0.5) is 0 Å². The van der Waals surface area contributed by atoms with Gasteiger partial charge in [0.15, 0.2) is 0 Å². The maximum atomic E-state index is 11.8. The zero-order chi connectivity index (χ0) is 20.2. The third-order valence-corrected chi connectivity index (χ3v) is 4.99. The van der Waals surface area contributed by atoms with E-state index in [1.807, 2.05) is 19.0 Å². The van der Waals surface area contributed by atoms with Gasteiger partial charge in [-0.25, -0.2) is 4.79 Å². The number of nitrogens with zero attached hydrogens (tertiary/aromatic N) is 1. The van der Waals surface area contributed by atoms with E-state index in [-0.39, 0.29) is 11.0 Å². The summed E-state index contributed by atoms with van der Waals surface area (Å²) in [6.07, 6.45) is 22.1. The van der Waals surface area contributed by atoms with Crippen LogP contribution in [0.3, 0.4) is 0 Å². The minimum absolute atomic E-state index is 0.161. The van der Waals surface area contributed by atoms with E-state index in [9.17, 15) is 10.0 Å². The van der Waals surface area contributed by atoms with Crippen molar-refractivity contribution in [2.24, 2.45) is 0 Å². The van der Waals surface area contributed by atoms with Crippen LogP contribution in [-0.2, 0) is 4.79 Å². The van der Waals surface area contributed by atoms with Crippen LogP contribution in [0.25, 0.3) is 0 Å². The van der Waals surface area contributed by atoms with Crippen LogP contribution in [0.1, 0.15) is 103 Å². The average Bonchev–Trinajstić information content (AvgIpc) is 2.64. The van der Waals surface area contributed by atoms with E-state index < -0.39 is 0 Å². The van der Waals surface area contributed by atoms with E-state index in [1.165, 1.54) is 70.6 Å². The van der Waals surface area contributed by atoms with Crippen LogP contribution >= 0.6 is 0 Å². The summed E-state index contributed by atoms with van der Waals surface area (Å²) in [7, 11) is 3.97. The second-order valence-corrected chi connectivity index (χ2v) is 8.09. The molecule has 0 aliphatic heterocycles. The van der Waals surface area contributed by atoms with E-state index in [0.717, 1.165) is 25.8 Å². The minimum atomic E-state index is -0.174. The Hall–Kier alpha value is -0.710. The second-order valence-electron chi connectivity index (χ2n) is 8.09. The van der Waals surface area contributed by atoms with Gasteiger partial charge < -0.3 is 15.2 Å². The van der Waals surface area contributed by atoms with Gasteiger partial charge >= 0.3 is 5.91 Å². The monoisotopic (exact) mass is 382 g/mol. The molecule has 0 saturated heterocycles. The summed E-state index contributed by atoms with van der Waals surface area (Å²) in [5, 5.41) is 11.6. The molecule has 1 atom stereocenters. The summed E-state index contributed by atoms with van der Waals surface area (Å²) in [5.74, 6) is -0.161. The van der Waals surface area contributed by atoms with Crippen molar-refractivity contribution in [2.75, 3.05) is 27.2 Å². The van der Waals surface area contributed by atoms with Crippen molar-refractivity contribution in [3.05, 3.63) is 17.4 Å². The number of carbonyl (C=O) groups excluding carboxylic acids is 1. The standard InChI is InChI=1S/C23H46N2O2/c1-4-5-6-7-8-9-10-11-12-13-14-15-16-17-18-20-23(26)25(27)22-19-21-24(2)3/h11-12,25H,4-10,13-22H2,1-3H3. The molecule has 0 aromatic heterocycles. The molecule has 0 aliphatic rings. The summed E-state index contributed by atoms with van der Waals surface area (Å²) in [6, 6.07) is 0. The predicted octanol–water partition coefficient (Wildman–Crippen LogP) is 4.88. The molecule has 1 amide bonds. The highest BCUT2D eigenvalue weighted by Crippen LogP contribution is 2.09. The molecule has 4 nitrogen and oxygen atoms in total. The number of hydrogen-bond donors (Lipinski definition) is 1.